The highest BCUT2D eigenvalue weighted by Crippen LogP contribution is 2.18. The molecule has 83 heavy (non-hydrogen) atoms. The van der Waals surface area contributed by atoms with Crippen molar-refractivity contribution in [3.05, 3.63) is 97.2 Å². The van der Waals surface area contributed by atoms with Gasteiger partial charge in [-0.2, -0.15) is 0 Å². The van der Waals surface area contributed by atoms with E-state index in [1.54, 1.807) is 0 Å². The predicted molar refractivity (Wildman–Crippen MR) is 362 cm³/mol. The topological polar surface area (TPSA) is 78.9 Å². The molecule has 6 heteroatoms. The van der Waals surface area contributed by atoms with E-state index < -0.39 is 6.10 Å². The van der Waals surface area contributed by atoms with Crippen LogP contribution in [-0.2, 0) is 28.6 Å². The predicted octanol–water partition coefficient (Wildman–Crippen LogP) is 24.8. The van der Waals surface area contributed by atoms with Crippen LogP contribution in [0.1, 0.15) is 355 Å². The van der Waals surface area contributed by atoms with Crippen molar-refractivity contribution in [1.82, 2.24) is 0 Å². The highest BCUT2D eigenvalue weighted by Gasteiger charge is 2.19. The zero-order valence-corrected chi connectivity index (χ0v) is 54.9. The Morgan fingerprint density at radius 1 is 0.253 bits per heavy atom. The molecule has 0 bridgehead atoms. The monoisotopic (exact) mass is 1160 g/mol. The normalized spacial score (nSPS) is 12.7. The summed E-state index contributed by atoms with van der Waals surface area (Å²) in [5.74, 6) is -0.888. The summed E-state index contributed by atoms with van der Waals surface area (Å²) in [5, 5.41) is 0. The molecule has 0 aliphatic heterocycles. The summed E-state index contributed by atoms with van der Waals surface area (Å²) >= 11 is 0. The van der Waals surface area contributed by atoms with E-state index in [0.29, 0.717) is 19.3 Å². The summed E-state index contributed by atoms with van der Waals surface area (Å²) in [6, 6.07) is 0. The SMILES string of the molecule is CC/C=C\C/C=C\C/C=C\C/C=C\C/C=C\C/C=C\C/C=C\CCCCCCCC(=O)OCC(COC(=O)CCCCCCCCC/C=C\CCCCCCCC)OC(=O)CCCCCCCCCCCCCCCCCCCCCCC. The zero-order valence-electron chi connectivity index (χ0n) is 54.9. The van der Waals surface area contributed by atoms with Crippen LogP contribution >= 0.6 is 0 Å². The molecule has 0 amide bonds. The third kappa shape index (κ3) is 69.0. The second-order valence-electron chi connectivity index (χ2n) is 23.8. The van der Waals surface area contributed by atoms with Crippen LogP contribution < -0.4 is 0 Å². The van der Waals surface area contributed by atoms with Gasteiger partial charge in [0.1, 0.15) is 13.2 Å². The van der Waals surface area contributed by atoms with E-state index in [4.69, 9.17) is 14.2 Å². The van der Waals surface area contributed by atoms with Crippen molar-refractivity contribution >= 4 is 17.9 Å². The van der Waals surface area contributed by atoms with Crippen molar-refractivity contribution in [2.45, 2.75) is 361 Å². The Kier molecular flexibility index (Phi) is 67.7. The molecule has 478 valence electrons. The van der Waals surface area contributed by atoms with Gasteiger partial charge >= 0.3 is 17.9 Å². The number of hydrogen-bond acceptors (Lipinski definition) is 6. The van der Waals surface area contributed by atoms with E-state index in [-0.39, 0.29) is 31.1 Å². The van der Waals surface area contributed by atoms with Gasteiger partial charge < -0.3 is 14.2 Å². The maximum atomic E-state index is 13.0. The first-order chi connectivity index (χ1) is 41.0. The number of unbranched alkanes of at least 4 members (excludes halogenated alkanes) is 38. The average Bonchev–Trinajstić information content (AvgIpc) is 3.49. The van der Waals surface area contributed by atoms with Crippen LogP contribution in [0.2, 0.25) is 0 Å². The molecule has 0 saturated carbocycles. The van der Waals surface area contributed by atoms with E-state index in [1.165, 1.54) is 193 Å². The van der Waals surface area contributed by atoms with Gasteiger partial charge in [-0.1, -0.05) is 330 Å². The minimum absolute atomic E-state index is 0.0829. The molecular weight excluding hydrogens is 1020 g/mol. The van der Waals surface area contributed by atoms with Gasteiger partial charge in [0.15, 0.2) is 6.10 Å². The molecule has 0 aromatic heterocycles. The van der Waals surface area contributed by atoms with Gasteiger partial charge in [0.2, 0.25) is 0 Å². The van der Waals surface area contributed by atoms with Crippen LogP contribution in [0.4, 0.5) is 0 Å². The van der Waals surface area contributed by atoms with Gasteiger partial charge in [-0.15, -0.1) is 0 Å². The van der Waals surface area contributed by atoms with Gasteiger partial charge in [-0.3, -0.25) is 14.4 Å². The first-order valence-corrected chi connectivity index (χ1v) is 35.7. The molecule has 0 aromatic carbocycles. The molecule has 0 aliphatic carbocycles. The second kappa shape index (κ2) is 70.8. The average molecular weight is 1160 g/mol. The van der Waals surface area contributed by atoms with Crippen LogP contribution in [-0.4, -0.2) is 37.2 Å². The Hall–Kier alpha value is -3.67. The van der Waals surface area contributed by atoms with Crippen LogP contribution in [0.3, 0.4) is 0 Å². The fraction of sp³-hybridized carbons (Fsp3) is 0.753. The number of hydrogen-bond donors (Lipinski definition) is 0. The van der Waals surface area contributed by atoms with E-state index in [9.17, 15) is 14.4 Å². The zero-order chi connectivity index (χ0) is 59.9. The lowest BCUT2D eigenvalue weighted by atomic mass is 10.0. The quantitative estimate of drug-likeness (QED) is 0.0261. The summed E-state index contributed by atoms with van der Waals surface area (Å²) in [7, 11) is 0. The largest absolute Gasteiger partial charge is 0.462 e. The van der Waals surface area contributed by atoms with Crippen molar-refractivity contribution in [3.8, 4) is 0 Å². The fourth-order valence-electron chi connectivity index (χ4n) is 10.2. The van der Waals surface area contributed by atoms with Gasteiger partial charge in [0.05, 0.1) is 0 Å². The van der Waals surface area contributed by atoms with Crippen LogP contribution in [0.15, 0.2) is 97.2 Å². The molecule has 0 rings (SSSR count). The summed E-state index contributed by atoms with van der Waals surface area (Å²) < 4.78 is 17.0. The summed E-state index contributed by atoms with van der Waals surface area (Å²) in [6.45, 7) is 6.56. The summed E-state index contributed by atoms with van der Waals surface area (Å²) in [4.78, 5) is 38.5. The number of allylic oxidation sites excluding steroid dienone is 16. The van der Waals surface area contributed by atoms with Gasteiger partial charge in [0, 0.05) is 19.3 Å². The third-order valence-corrected chi connectivity index (χ3v) is 15.6. The summed E-state index contributed by atoms with van der Waals surface area (Å²) in [5.41, 5.74) is 0. The molecule has 0 aromatic rings. The van der Waals surface area contributed by atoms with Crippen LogP contribution in [0.5, 0.6) is 0 Å². The Balaban J connectivity index is 4.39. The van der Waals surface area contributed by atoms with E-state index in [2.05, 4.69) is 118 Å². The van der Waals surface area contributed by atoms with E-state index >= 15 is 0 Å². The lowest BCUT2D eigenvalue weighted by Gasteiger charge is -2.18. The molecule has 1 atom stereocenters. The lowest BCUT2D eigenvalue weighted by molar-refractivity contribution is -0.167. The molecule has 6 nitrogen and oxygen atoms in total. The lowest BCUT2D eigenvalue weighted by Crippen LogP contribution is -2.30. The van der Waals surface area contributed by atoms with Crippen molar-refractivity contribution in [1.29, 1.82) is 0 Å². The molecule has 0 saturated heterocycles. The number of carbonyl (C=O) groups excluding carboxylic acids is 3. The minimum atomic E-state index is -0.789. The maximum absolute atomic E-state index is 13.0. The van der Waals surface area contributed by atoms with Crippen molar-refractivity contribution < 1.29 is 28.6 Å². The minimum Gasteiger partial charge on any atom is -0.462 e. The van der Waals surface area contributed by atoms with Crippen molar-refractivity contribution in [2.75, 3.05) is 13.2 Å². The Morgan fingerprint density at radius 2 is 0.470 bits per heavy atom. The van der Waals surface area contributed by atoms with Crippen LogP contribution in [0, 0.1) is 0 Å². The Bertz CT molecular complexity index is 1610. The molecule has 0 heterocycles. The standard InChI is InChI=1S/C77H134O6/c1-4-7-10-13-16-19-22-25-28-31-33-35-36-37-38-39-40-42-43-46-49-52-55-58-61-64-67-70-76(79)82-73-74(72-81-75(78)69-66-63-60-57-54-51-48-45-30-27-24-21-18-15-12-9-6-3)83-77(80)71-68-65-62-59-56-53-50-47-44-41-34-32-29-26-23-20-17-14-11-8-5-2/h7,10,16,19,25,27-28,30,33,35,37-38,40,42,46,49,74H,4-6,8-9,11-15,17-18,20-24,26,29,31-32,34,36,39,41,43-45,47-48,50-73H2,1-3H3/b10-7-,19-16-,28-25-,30-27-,35-33-,38-37-,42-40-,49-46-. The Morgan fingerprint density at radius 3 is 0.747 bits per heavy atom. The van der Waals surface area contributed by atoms with Crippen molar-refractivity contribution in [3.63, 3.8) is 0 Å². The number of esters is 3. The van der Waals surface area contributed by atoms with Gasteiger partial charge in [-0.25, -0.2) is 0 Å². The van der Waals surface area contributed by atoms with Crippen molar-refractivity contribution in [2.24, 2.45) is 0 Å². The number of ether oxygens (including phenoxy) is 3. The molecular formula is C77H134O6. The smallest absolute Gasteiger partial charge is 0.306 e. The molecule has 1 unspecified atom stereocenters. The van der Waals surface area contributed by atoms with E-state index in [0.717, 1.165) is 122 Å². The van der Waals surface area contributed by atoms with Gasteiger partial charge in [0.25, 0.3) is 0 Å². The summed E-state index contributed by atoms with van der Waals surface area (Å²) in [6.07, 6.45) is 95.7. The van der Waals surface area contributed by atoms with E-state index in [1.807, 2.05) is 0 Å². The fourth-order valence-corrected chi connectivity index (χ4v) is 10.2. The van der Waals surface area contributed by atoms with Crippen LogP contribution in [0.25, 0.3) is 0 Å². The molecule has 0 N–H and O–H groups in total. The highest BCUT2D eigenvalue weighted by molar-refractivity contribution is 5.71. The first kappa shape index (κ1) is 79.3. The molecule has 0 fully saturated rings. The molecule has 0 spiro atoms. The molecule has 0 aliphatic rings. The first-order valence-electron chi connectivity index (χ1n) is 35.7. The maximum Gasteiger partial charge on any atom is 0.306 e. The number of carbonyl (C=O) groups is 3. The Labute approximate surface area is 515 Å². The number of rotatable bonds is 65. The van der Waals surface area contributed by atoms with Gasteiger partial charge in [-0.05, 0) is 103 Å². The highest BCUT2D eigenvalue weighted by atomic mass is 16.6. The third-order valence-electron chi connectivity index (χ3n) is 15.6. The second-order valence-corrected chi connectivity index (χ2v) is 23.8. The molecule has 0 radical (unpaired) electrons.